The van der Waals surface area contributed by atoms with E-state index in [4.69, 9.17) is 15.3 Å². The highest BCUT2D eigenvalue weighted by molar-refractivity contribution is 5.85. The Balaban J connectivity index is 2.72. The monoisotopic (exact) mass is 259 g/mol. The van der Waals surface area contributed by atoms with Gasteiger partial charge in [0.05, 0.1) is 30.6 Å². The number of carboxylic acids is 1. The SMILES string of the molecule is CC(CO)(CO)NC(=O)[C@@H]1CCCC[C@@H]1C(=O)O. The van der Waals surface area contributed by atoms with E-state index in [0.29, 0.717) is 12.8 Å². The van der Waals surface area contributed by atoms with Crippen molar-refractivity contribution < 1.29 is 24.9 Å². The lowest BCUT2D eigenvalue weighted by atomic mass is 9.78. The number of carbonyl (C=O) groups excluding carboxylic acids is 1. The summed E-state index contributed by atoms with van der Waals surface area (Å²) in [5, 5.41) is 29.9. The smallest absolute Gasteiger partial charge is 0.307 e. The molecule has 0 aromatic rings. The first-order valence-electron chi connectivity index (χ1n) is 6.20. The van der Waals surface area contributed by atoms with Gasteiger partial charge in [-0.05, 0) is 19.8 Å². The molecule has 6 heteroatoms. The van der Waals surface area contributed by atoms with Crippen LogP contribution in [0.25, 0.3) is 0 Å². The molecule has 0 heterocycles. The number of hydrogen-bond donors (Lipinski definition) is 4. The van der Waals surface area contributed by atoms with E-state index in [-0.39, 0.29) is 13.2 Å². The minimum atomic E-state index is -1.10. The minimum absolute atomic E-state index is 0.389. The van der Waals surface area contributed by atoms with Gasteiger partial charge in [0, 0.05) is 0 Å². The normalized spacial score (nSPS) is 24.6. The molecule has 1 aliphatic carbocycles. The maximum atomic E-state index is 12.0. The molecule has 0 saturated heterocycles. The third-order valence-corrected chi connectivity index (χ3v) is 3.54. The van der Waals surface area contributed by atoms with Gasteiger partial charge in [0.25, 0.3) is 0 Å². The molecule has 0 unspecified atom stereocenters. The third-order valence-electron chi connectivity index (χ3n) is 3.54. The molecule has 2 atom stereocenters. The molecule has 1 amide bonds. The van der Waals surface area contributed by atoms with Crippen LogP contribution in [0.4, 0.5) is 0 Å². The number of nitrogens with one attached hydrogen (secondary N) is 1. The van der Waals surface area contributed by atoms with Gasteiger partial charge in [0.15, 0.2) is 0 Å². The van der Waals surface area contributed by atoms with E-state index in [1.165, 1.54) is 6.92 Å². The molecule has 1 fully saturated rings. The number of rotatable bonds is 5. The van der Waals surface area contributed by atoms with Gasteiger partial charge in [-0.3, -0.25) is 9.59 Å². The van der Waals surface area contributed by atoms with Gasteiger partial charge in [0.2, 0.25) is 5.91 Å². The summed E-state index contributed by atoms with van der Waals surface area (Å²) in [5.41, 5.74) is -1.10. The zero-order valence-electron chi connectivity index (χ0n) is 10.6. The highest BCUT2D eigenvalue weighted by Crippen LogP contribution is 2.30. The van der Waals surface area contributed by atoms with Crippen molar-refractivity contribution in [2.75, 3.05) is 13.2 Å². The summed E-state index contributed by atoms with van der Waals surface area (Å²) in [7, 11) is 0. The van der Waals surface area contributed by atoms with Crippen LogP contribution in [0.15, 0.2) is 0 Å². The lowest BCUT2D eigenvalue weighted by Gasteiger charge is -2.32. The molecule has 18 heavy (non-hydrogen) atoms. The van der Waals surface area contributed by atoms with Crippen molar-refractivity contribution in [1.82, 2.24) is 5.32 Å². The van der Waals surface area contributed by atoms with Gasteiger partial charge in [-0.2, -0.15) is 0 Å². The average Bonchev–Trinajstić information content (AvgIpc) is 2.38. The van der Waals surface area contributed by atoms with Crippen LogP contribution in [0.1, 0.15) is 32.6 Å². The number of carboxylic acid groups (broad SMARTS) is 1. The first-order chi connectivity index (χ1) is 8.43. The zero-order chi connectivity index (χ0) is 13.8. The van der Waals surface area contributed by atoms with Crippen LogP contribution in [0, 0.1) is 11.8 Å². The Morgan fingerprint density at radius 3 is 2.11 bits per heavy atom. The van der Waals surface area contributed by atoms with Crippen LogP contribution >= 0.6 is 0 Å². The summed E-state index contributed by atoms with van der Waals surface area (Å²) in [6.45, 7) is 0.739. The molecule has 0 aromatic heterocycles. The summed E-state index contributed by atoms with van der Waals surface area (Å²) in [6, 6.07) is 0. The molecule has 0 aromatic carbocycles. The summed E-state index contributed by atoms with van der Waals surface area (Å²) in [4.78, 5) is 23.1. The molecule has 1 aliphatic rings. The van der Waals surface area contributed by atoms with Crippen LogP contribution in [0.2, 0.25) is 0 Å². The molecular formula is C12H21NO5. The van der Waals surface area contributed by atoms with Gasteiger partial charge in [-0.1, -0.05) is 12.8 Å². The standard InChI is InChI=1S/C12H21NO5/c1-12(6-14,7-15)13-10(16)8-4-2-3-5-9(8)11(17)18/h8-9,14-15H,2-7H2,1H3,(H,13,16)(H,17,18)/t8-,9+/m1/s1. The second-order valence-corrected chi connectivity index (χ2v) is 5.20. The quantitative estimate of drug-likeness (QED) is 0.544. The summed E-state index contributed by atoms with van der Waals surface area (Å²) in [5.74, 6) is -2.59. The summed E-state index contributed by atoms with van der Waals surface area (Å²) in [6.07, 6.45) is 2.69. The van der Waals surface area contributed by atoms with Crippen LogP contribution < -0.4 is 5.32 Å². The van der Waals surface area contributed by atoms with E-state index in [1.54, 1.807) is 0 Å². The number of amides is 1. The van der Waals surface area contributed by atoms with Gasteiger partial charge < -0.3 is 20.6 Å². The summed E-state index contributed by atoms with van der Waals surface area (Å²) >= 11 is 0. The Morgan fingerprint density at radius 1 is 1.17 bits per heavy atom. The van der Waals surface area contributed by atoms with E-state index in [1.807, 2.05) is 0 Å². The predicted octanol–water partition coefficient (Wildman–Crippen LogP) is -0.263. The number of carbonyl (C=O) groups is 2. The van der Waals surface area contributed by atoms with Gasteiger partial charge in [0.1, 0.15) is 0 Å². The average molecular weight is 259 g/mol. The Bertz CT molecular complexity index is 314. The molecule has 104 valence electrons. The predicted molar refractivity (Wildman–Crippen MR) is 63.8 cm³/mol. The second kappa shape index (κ2) is 6.15. The van der Waals surface area contributed by atoms with E-state index in [2.05, 4.69) is 5.32 Å². The summed E-state index contributed by atoms with van der Waals surface area (Å²) < 4.78 is 0. The molecule has 6 nitrogen and oxygen atoms in total. The topological polar surface area (TPSA) is 107 Å². The molecule has 0 radical (unpaired) electrons. The third kappa shape index (κ3) is 3.43. The molecular weight excluding hydrogens is 238 g/mol. The fourth-order valence-corrected chi connectivity index (χ4v) is 2.26. The van der Waals surface area contributed by atoms with E-state index < -0.39 is 29.3 Å². The van der Waals surface area contributed by atoms with Crippen molar-refractivity contribution in [3.05, 3.63) is 0 Å². The fraction of sp³-hybridized carbons (Fsp3) is 0.833. The van der Waals surface area contributed by atoms with Crippen LogP contribution in [-0.4, -0.2) is 45.9 Å². The Morgan fingerprint density at radius 2 is 1.67 bits per heavy atom. The first-order valence-corrected chi connectivity index (χ1v) is 6.20. The van der Waals surface area contributed by atoms with Crippen molar-refractivity contribution in [1.29, 1.82) is 0 Å². The number of hydrogen-bond acceptors (Lipinski definition) is 4. The van der Waals surface area contributed by atoms with Crippen molar-refractivity contribution in [3.63, 3.8) is 0 Å². The van der Waals surface area contributed by atoms with E-state index >= 15 is 0 Å². The molecule has 0 aliphatic heterocycles. The van der Waals surface area contributed by atoms with Gasteiger partial charge in [-0.15, -0.1) is 0 Å². The van der Waals surface area contributed by atoms with Crippen molar-refractivity contribution in [2.45, 2.75) is 38.1 Å². The highest BCUT2D eigenvalue weighted by Gasteiger charge is 2.38. The Kier molecular flexibility index (Phi) is 5.10. The first kappa shape index (κ1) is 14.9. The Labute approximate surface area is 106 Å². The molecule has 0 bridgehead atoms. The van der Waals surface area contributed by atoms with Gasteiger partial charge >= 0.3 is 5.97 Å². The van der Waals surface area contributed by atoms with Crippen molar-refractivity contribution >= 4 is 11.9 Å². The van der Waals surface area contributed by atoms with Crippen molar-refractivity contribution in [2.24, 2.45) is 11.8 Å². The number of aliphatic hydroxyl groups excluding tert-OH is 2. The second-order valence-electron chi connectivity index (χ2n) is 5.20. The molecule has 4 N–H and O–H groups in total. The Hall–Kier alpha value is -1.14. The maximum Gasteiger partial charge on any atom is 0.307 e. The minimum Gasteiger partial charge on any atom is -0.481 e. The highest BCUT2D eigenvalue weighted by atomic mass is 16.4. The van der Waals surface area contributed by atoms with E-state index in [0.717, 1.165) is 12.8 Å². The largest absolute Gasteiger partial charge is 0.481 e. The number of aliphatic carboxylic acids is 1. The van der Waals surface area contributed by atoms with Crippen molar-refractivity contribution in [3.8, 4) is 0 Å². The molecule has 0 spiro atoms. The van der Waals surface area contributed by atoms with Gasteiger partial charge in [-0.25, -0.2) is 0 Å². The van der Waals surface area contributed by atoms with Crippen LogP contribution in [0.3, 0.4) is 0 Å². The maximum absolute atomic E-state index is 12.0. The lowest BCUT2D eigenvalue weighted by Crippen LogP contribution is -2.55. The lowest BCUT2D eigenvalue weighted by molar-refractivity contribution is -0.149. The zero-order valence-corrected chi connectivity index (χ0v) is 10.6. The van der Waals surface area contributed by atoms with E-state index in [9.17, 15) is 9.59 Å². The van der Waals surface area contributed by atoms with Crippen LogP contribution in [0.5, 0.6) is 0 Å². The molecule has 1 rings (SSSR count). The van der Waals surface area contributed by atoms with Crippen LogP contribution in [-0.2, 0) is 9.59 Å². The fourth-order valence-electron chi connectivity index (χ4n) is 2.26. The molecule has 1 saturated carbocycles. The number of aliphatic hydroxyl groups is 2.